The van der Waals surface area contributed by atoms with Crippen LogP contribution in [0.2, 0.25) is 0 Å². The SMILES string of the molecule is CCc1ccc(NC(=O)CSc2nc3c(C)nn(CC)c3c(=O)n2Cc2ccco2)cc1. The molecule has 0 fully saturated rings. The molecule has 0 aliphatic heterocycles. The van der Waals surface area contributed by atoms with Gasteiger partial charge >= 0.3 is 0 Å². The van der Waals surface area contributed by atoms with Crippen LogP contribution in [0.5, 0.6) is 0 Å². The molecule has 0 saturated carbocycles. The monoisotopic (exact) mass is 451 g/mol. The van der Waals surface area contributed by atoms with E-state index in [1.54, 1.807) is 27.6 Å². The Labute approximate surface area is 189 Å². The summed E-state index contributed by atoms with van der Waals surface area (Å²) in [5, 5.41) is 7.79. The third-order valence-corrected chi connectivity index (χ3v) is 6.13. The molecule has 0 radical (unpaired) electrons. The Morgan fingerprint density at radius 2 is 1.97 bits per heavy atom. The molecular weight excluding hydrogens is 426 g/mol. The van der Waals surface area contributed by atoms with E-state index in [0.29, 0.717) is 34.2 Å². The van der Waals surface area contributed by atoms with Gasteiger partial charge in [0.05, 0.1) is 24.3 Å². The third kappa shape index (κ3) is 4.47. The topological polar surface area (TPSA) is 95.0 Å². The van der Waals surface area contributed by atoms with Gasteiger partial charge in [-0.05, 0) is 50.1 Å². The fourth-order valence-electron chi connectivity index (χ4n) is 3.48. The first-order chi connectivity index (χ1) is 15.5. The minimum atomic E-state index is -0.202. The molecule has 0 aliphatic rings. The number of fused-ring (bicyclic) bond motifs is 1. The summed E-state index contributed by atoms with van der Waals surface area (Å²) in [4.78, 5) is 30.6. The molecule has 0 atom stereocenters. The molecule has 32 heavy (non-hydrogen) atoms. The average molecular weight is 452 g/mol. The van der Waals surface area contributed by atoms with Crippen molar-refractivity contribution in [3.63, 3.8) is 0 Å². The Morgan fingerprint density at radius 3 is 2.62 bits per heavy atom. The van der Waals surface area contributed by atoms with Gasteiger partial charge < -0.3 is 9.73 Å². The van der Waals surface area contributed by atoms with Crippen LogP contribution in [0.1, 0.15) is 30.9 Å². The van der Waals surface area contributed by atoms with E-state index < -0.39 is 0 Å². The number of rotatable bonds is 8. The molecule has 0 unspecified atom stereocenters. The molecule has 0 bridgehead atoms. The second-order valence-electron chi connectivity index (χ2n) is 7.35. The number of amides is 1. The minimum absolute atomic E-state index is 0.118. The number of anilines is 1. The maximum Gasteiger partial charge on any atom is 0.280 e. The summed E-state index contributed by atoms with van der Waals surface area (Å²) in [6.07, 6.45) is 2.51. The van der Waals surface area contributed by atoms with Gasteiger partial charge in [0, 0.05) is 12.2 Å². The van der Waals surface area contributed by atoms with E-state index in [1.807, 2.05) is 38.1 Å². The molecule has 1 aromatic carbocycles. The fraction of sp³-hybridized carbons (Fsp3) is 0.304. The van der Waals surface area contributed by atoms with Crippen molar-refractivity contribution in [3.05, 3.63) is 70.0 Å². The second-order valence-corrected chi connectivity index (χ2v) is 8.29. The highest BCUT2D eigenvalue weighted by atomic mass is 32.2. The first kappa shape index (κ1) is 21.9. The van der Waals surface area contributed by atoms with E-state index in [1.165, 1.54) is 17.3 Å². The Hall–Kier alpha value is -3.33. The average Bonchev–Trinajstić information content (AvgIpc) is 3.42. The lowest BCUT2D eigenvalue weighted by molar-refractivity contribution is -0.113. The molecule has 8 nitrogen and oxygen atoms in total. The molecule has 3 heterocycles. The lowest BCUT2D eigenvalue weighted by atomic mass is 10.1. The number of hydrogen-bond acceptors (Lipinski definition) is 6. The van der Waals surface area contributed by atoms with Gasteiger partial charge in [-0.3, -0.25) is 18.8 Å². The van der Waals surface area contributed by atoms with Crippen LogP contribution in [0.3, 0.4) is 0 Å². The summed E-state index contributed by atoms with van der Waals surface area (Å²) in [5.74, 6) is 0.584. The predicted octanol–water partition coefficient (Wildman–Crippen LogP) is 3.86. The lowest BCUT2D eigenvalue weighted by Crippen LogP contribution is -2.26. The number of benzene rings is 1. The summed E-state index contributed by atoms with van der Waals surface area (Å²) >= 11 is 1.22. The van der Waals surface area contributed by atoms with Crippen LogP contribution in [0.4, 0.5) is 5.69 Å². The van der Waals surface area contributed by atoms with Crippen LogP contribution in [0.25, 0.3) is 11.0 Å². The highest BCUT2D eigenvalue weighted by Gasteiger charge is 2.19. The van der Waals surface area contributed by atoms with Crippen LogP contribution in [-0.4, -0.2) is 31.0 Å². The van der Waals surface area contributed by atoms with Crippen molar-refractivity contribution in [2.24, 2.45) is 0 Å². The van der Waals surface area contributed by atoms with Gasteiger partial charge in [0.1, 0.15) is 11.3 Å². The van der Waals surface area contributed by atoms with Crippen molar-refractivity contribution in [2.75, 3.05) is 11.1 Å². The summed E-state index contributed by atoms with van der Waals surface area (Å²) in [7, 11) is 0. The maximum atomic E-state index is 13.4. The number of nitrogens with one attached hydrogen (secondary N) is 1. The largest absolute Gasteiger partial charge is 0.467 e. The second kappa shape index (κ2) is 9.44. The fourth-order valence-corrected chi connectivity index (χ4v) is 4.27. The van der Waals surface area contributed by atoms with Gasteiger partial charge in [0.2, 0.25) is 5.91 Å². The van der Waals surface area contributed by atoms with E-state index in [-0.39, 0.29) is 23.8 Å². The van der Waals surface area contributed by atoms with Crippen molar-refractivity contribution in [2.45, 2.75) is 45.4 Å². The maximum absolute atomic E-state index is 13.4. The van der Waals surface area contributed by atoms with Gasteiger partial charge in [-0.2, -0.15) is 5.10 Å². The molecule has 3 aromatic heterocycles. The number of aromatic nitrogens is 4. The molecule has 1 amide bonds. The number of hydrogen-bond donors (Lipinski definition) is 1. The summed E-state index contributed by atoms with van der Waals surface area (Å²) < 4.78 is 8.66. The van der Waals surface area contributed by atoms with Gasteiger partial charge in [-0.15, -0.1) is 0 Å². The van der Waals surface area contributed by atoms with Crippen LogP contribution in [-0.2, 0) is 24.3 Å². The summed E-state index contributed by atoms with van der Waals surface area (Å²) in [5.41, 5.74) is 3.45. The number of thioether (sulfide) groups is 1. The number of carbonyl (C=O) groups excluding carboxylic acids is 1. The molecule has 0 saturated heterocycles. The minimum Gasteiger partial charge on any atom is -0.467 e. The first-order valence-corrected chi connectivity index (χ1v) is 11.5. The Balaban J connectivity index is 1.62. The molecule has 4 aromatic rings. The zero-order valence-electron chi connectivity index (χ0n) is 18.3. The van der Waals surface area contributed by atoms with Crippen LogP contribution >= 0.6 is 11.8 Å². The van der Waals surface area contributed by atoms with Crippen molar-refractivity contribution in [1.82, 2.24) is 19.3 Å². The lowest BCUT2D eigenvalue weighted by Gasteiger charge is -2.12. The summed E-state index contributed by atoms with van der Waals surface area (Å²) in [6.45, 7) is 6.64. The smallest absolute Gasteiger partial charge is 0.280 e. The van der Waals surface area contributed by atoms with Crippen molar-refractivity contribution >= 4 is 34.4 Å². The number of carbonyl (C=O) groups is 1. The van der Waals surface area contributed by atoms with Gasteiger partial charge in [0.15, 0.2) is 10.7 Å². The third-order valence-electron chi connectivity index (χ3n) is 5.15. The molecular formula is C23H25N5O3S. The number of furan rings is 1. The normalized spacial score (nSPS) is 11.2. The van der Waals surface area contributed by atoms with Crippen LogP contribution in [0.15, 0.2) is 57.0 Å². The van der Waals surface area contributed by atoms with Crippen molar-refractivity contribution in [3.8, 4) is 0 Å². The summed E-state index contributed by atoms with van der Waals surface area (Å²) in [6, 6.07) is 11.3. The highest BCUT2D eigenvalue weighted by molar-refractivity contribution is 7.99. The van der Waals surface area contributed by atoms with Gasteiger partial charge in [-0.25, -0.2) is 4.98 Å². The van der Waals surface area contributed by atoms with Gasteiger partial charge in [-0.1, -0.05) is 30.8 Å². The van der Waals surface area contributed by atoms with E-state index in [9.17, 15) is 9.59 Å². The number of aryl methyl sites for hydroxylation is 3. The Morgan fingerprint density at radius 1 is 1.19 bits per heavy atom. The molecule has 0 aliphatic carbocycles. The standard InChI is InChI=1S/C23H25N5O3S/c1-4-16-8-10-17(11-9-16)24-19(29)14-32-23-25-20-15(3)26-28(5-2)21(20)22(30)27(23)13-18-7-6-12-31-18/h6-12H,4-5,13-14H2,1-3H3,(H,24,29). The molecule has 1 N–H and O–H groups in total. The first-order valence-electron chi connectivity index (χ1n) is 10.5. The van der Waals surface area contributed by atoms with E-state index >= 15 is 0 Å². The van der Waals surface area contributed by atoms with Crippen LogP contribution in [0, 0.1) is 6.92 Å². The highest BCUT2D eigenvalue weighted by Crippen LogP contribution is 2.21. The van der Waals surface area contributed by atoms with Crippen molar-refractivity contribution < 1.29 is 9.21 Å². The zero-order chi connectivity index (χ0) is 22.7. The molecule has 9 heteroatoms. The van der Waals surface area contributed by atoms with E-state index in [4.69, 9.17) is 9.40 Å². The molecule has 4 rings (SSSR count). The predicted molar refractivity (Wildman–Crippen MR) is 125 cm³/mol. The number of nitrogens with zero attached hydrogens (tertiary/aromatic N) is 4. The Bertz CT molecular complexity index is 1290. The van der Waals surface area contributed by atoms with Gasteiger partial charge in [0.25, 0.3) is 5.56 Å². The quantitative estimate of drug-likeness (QED) is 0.323. The van der Waals surface area contributed by atoms with Crippen LogP contribution < -0.4 is 10.9 Å². The van der Waals surface area contributed by atoms with Crippen molar-refractivity contribution in [1.29, 1.82) is 0 Å². The zero-order valence-corrected chi connectivity index (χ0v) is 19.1. The van der Waals surface area contributed by atoms with E-state index in [0.717, 1.165) is 12.1 Å². The molecule has 0 spiro atoms. The van der Waals surface area contributed by atoms with E-state index in [2.05, 4.69) is 17.3 Å². The Kier molecular flexibility index (Phi) is 6.45. The molecule has 166 valence electrons.